The molecule has 0 aliphatic heterocycles. The topological polar surface area (TPSA) is 38.3 Å². The second-order valence-corrected chi connectivity index (χ2v) is 5.40. The first-order valence-electron chi connectivity index (χ1n) is 6.43. The van der Waals surface area contributed by atoms with Crippen molar-refractivity contribution in [3.8, 4) is 0 Å². The summed E-state index contributed by atoms with van der Waals surface area (Å²) in [6.07, 6.45) is 4.29. The molecule has 0 bridgehead atoms. The lowest BCUT2D eigenvalue weighted by Crippen LogP contribution is -2.51. The largest absolute Gasteiger partial charge is 0.465 e. The van der Waals surface area contributed by atoms with Gasteiger partial charge in [-0.25, -0.2) is 0 Å². The number of carbonyl (C=O) groups excluding carboxylic acids is 1. The Morgan fingerprint density at radius 2 is 2.12 bits per heavy atom. The normalized spacial score (nSPS) is 19.6. The van der Waals surface area contributed by atoms with Crippen LogP contribution in [0.25, 0.3) is 0 Å². The van der Waals surface area contributed by atoms with Crippen molar-refractivity contribution in [1.82, 2.24) is 5.32 Å². The predicted molar refractivity (Wildman–Crippen MR) is 65.3 cm³/mol. The Kier molecular flexibility index (Phi) is 4.78. The summed E-state index contributed by atoms with van der Waals surface area (Å²) in [5.74, 6) is 0.525. The number of carbonyl (C=O) groups is 1. The molecule has 0 amide bonds. The van der Waals surface area contributed by atoms with Gasteiger partial charge in [-0.2, -0.15) is 0 Å². The van der Waals surface area contributed by atoms with Gasteiger partial charge in [0, 0.05) is 6.04 Å². The Labute approximate surface area is 98.9 Å². The standard InChI is InChI=1S/C13H25NO2/c1-5-16-12(15)13(4,9-8-10(2)3)14-11-6-7-11/h10-11,14H,5-9H2,1-4H3. The summed E-state index contributed by atoms with van der Waals surface area (Å²) in [6.45, 7) is 8.66. The van der Waals surface area contributed by atoms with Gasteiger partial charge in [0.15, 0.2) is 0 Å². The highest BCUT2D eigenvalue weighted by Gasteiger charge is 2.39. The van der Waals surface area contributed by atoms with Crippen LogP contribution in [-0.4, -0.2) is 24.2 Å². The van der Waals surface area contributed by atoms with Crippen molar-refractivity contribution in [2.45, 2.75) is 65.0 Å². The van der Waals surface area contributed by atoms with E-state index in [2.05, 4.69) is 19.2 Å². The van der Waals surface area contributed by atoms with Gasteiger partial charge in [-0.1, -0.05) is 13.8 Å². The van der Waals surface area contributed by atoms with E-state index in [0.29, 0.717) is 18.6 Å². The van der Waals surface area contributed by atoms with Gasteiger partial charge in [-0.05, 0) is 45.4 Å². The van der Waals surface area contributed by atoms with Crippen molar-refractivity contribution in [2.24, 2.45) is 5.92 Å². The van der Waals surface area contributed by atoms with E-state index in [1.807, 2.05) is 13.8 Å². The summed E-state index contributed by atoms with van der Waals surface area (Å²) in [6, 6.07) is 0.529. The highest BCUT2D eigenvalue weighted by Crippen LogP contribution is 2.26. The molecule has 3 nitrogen and oxygen atoms in total. The molecule has 0 heterocycles. The lowest BCUT2D eigenvalue weighted by molar-refractivity contribution is -0.151. The minimum absolute atomic E-state index is 0.0949. The van der Waals surface area contributed by atoms with E-state index in [9.17, 15) is 4.79 Å². The van der Waals surface area contributed by atoms with Crippen molar-refractivity contribution >= 4 is 5.97 Å². The van der Waals surface area contributed by atoms with Crippen LogP contribution in [0.1, 0.15) is 53.4 Å². The van der Waals surface area contributed by atoms with Crippen molar-refractivity contribution in [2.75, 3.05) is 6.61 Å². The Hall–Kier alpha value is -0.570. The number of hydrogen-bond acceptors (Lipinski definition) is 3. The van der Waals surface area contributed by atoms with Crippen LogP contribution in [-0.2, 0) is 9.53 Å². The average molecular weight is 227 g/mol. The van der Waals surface area contributed by atoms with E-state index in [4.69, 9.17) is 4.74 Å². The highest BCUT2D eigenvalue weighted by atomic mass is 16.5. The molecule has 0 aromatic carbocycles. The van der Waals surface area contributed by atoms with Crippen LogP contribution in [0.15, 0.2) is 0 Å². The molecular weight excluding hydrogens is 202 g/mol. The number of esters is 1. The van der Waals surface area contributed by atoms with Gasteiger partial charge in [-0.3, -0.25) is 10.1 Å². The van der Waals surface area contributed by atoms with Crippen LogP contribution in [0.3, 0.4) is 0 Å². The SMILES string of the molecule is CCOC(=O)C(C)(CCC(C)C)NC1CC1. The van der Waals surface area contributed by atoms with Crippen LogP contribution in [0.5, 0.6) is 0 Å². The fraction of sp³-hybridized carbons (Fsp3) is 0.923. The van der Waals surface area contributed by atoms with E-state index >= 15 is 0 Å². The molecule has 0 spiro atoms. The van der Waals surface area contributed by atoms with Gasteiger partial charge in [0.1, 0.15) is 5.54 Å². The summed E-state index contributed by atoms with van der Waals surface area (Å²) in [4.78, 5) is 12.0. The minimum atomic E-state index is -0.485. The van der Waals surface area contributed by atoms with E-state index in [0.717, 1.165) is 12.8 Å². The second-order valence-electron chi connectivity index (χ2n) is 5.40. The van der Waals surface area contributed by atoms with Crippen molar-refractivity contribution < 1.29 is 9.53 Å². The molecular formula is C13H25NO2. The summed E-state index contributed by atoms with van der Waals surface area (Å²) < 4.78 is 5.17. The first-order valence-corrected chi connectivity index (χ1v) is 6.43. The van der Waals surface area contributed by atoms with Crippen LogP contribution in [0.2, 0.25) is 0 Å². The van der Waals surface area contributed by atoms with Crippen molar-refractivity contribution in [3.05, 3.63) is 0 Å². The Morgan fingerprint density at radius 3 is 2.56 bits per heavy atom. The molecule has 0 aromatic rings. The van der Waals surface area contributed by atoms with Gasteiger partial charge in [0.05, 0.1) is 6.61 Å². The van der Waals surface area contributed by atoms with E-state index < -0.39 is 5.54 Å². The molecule has 1 fully saturated rings. The smallest absolute Gasteiger partial charge is 0.326 e. The number of nitrogens with one attached hydrogen (secondary N) is 1. The summed E-state index contributed by atoms with van der Waals surface area (Å²) >= 11 is 0. The molecule has 16 heavy (non-hydrogen) atoms. The lowest BCUT2D eigenvalue weighted by Gasteiger charge is -2.29. The molecule has 3 heteroatoms. The fourth-order valence-electron chi connectivity index (χ4n) is 1.78. The maximum Gasteiger partial charge on any atom is 0.326 e. The van der Waals surface area contributed by atoms with Crippen LogP contribution in [0, 0.1) is 5.92 Å². The third kappa shape index (κ3) is 4.12. The molecule has 1 aliphatic rings. The molecule has 1 atom stereocenters. The Balaban J connectivity index is 2.54. The first-order chi connectivity index (χ1) is 7.48. The van der Waals surface area contributed by atoms with Gasteiger partial charge < -0.3 is 4.74 Å². The van der Waals surface area contributed by atoms with E-state index in [1.165, 1.54) is 12.8 Å². The molecule has 1 unspecified atom stereocenters. The number of ether oxygens (including phenoxy) is 1. The van der Waals surface area contributed by atoms with Gasteiger partial charge in [-0.15, -0.1) is 0 Å². The molecule has 0 radical (unpaired) electrons. The molecule has 1 rings (SSSR count). The number of hydrogen-bond donors (Lipinski definition) is 1. The van der Waals surface area contributed by atoms with E-state index in [1.54, 1.807) is 0 Å². The quantitative estimate of drug-likeness (QED) is 0.679. The molecule has 1 N–H and O–H groups in total. The third-order valence-electron chi connectivity index (χ3n) is 3.05. The maximum absolute atomic E-state index is 12.0. The Morgan fingerprint density at radius 1 is 1.50 bits per heavy atom. The molecule has 0 saturated heterocycles. The third-order valence-corrected chi connectivity index (χ3v) is 3.05. The molecule has 1 saturated carbocycles. The maximum atomic E-state index is 12.0. The lowest BCUT2D eigenvalue weighted by atomic mass is 9.91. The zero-order valence-electron chi connectivity index (χ0n) is 11.0. The molecule has 94 valence electrons. The molecule has 1 aliphatic carbocycles. The van der Waals surface area contributed by atoms with Crippen LogP contribution < -0.4 is 5.32 Å². The minimum Gasteiger partial charge on any atom is -0.465 e. The van der Waals surface area contributed by atoms with Crippen molar-refractivity contribution in [1.29, 1.82) is 0 Å². The summed E-state index contributed by atoms with van der Waals surface area (Å²) in [7, 11) is 0. The summed E-state index contributed by atoms with van der Waals surface area (Å²) in [5.41, 5.74) is -0.485. The van der Waals surface area contributed by atoms with Gasteiger partial charge in [0.2, 0.25) is 0 Å². The van der Waals surface area contributed by atoms with Crippen molar-refractivity contribution in [3.63, 3.8) is 0 Å². The second kappa shape index (κ2) is 5.67. The fourth-order valence-corrected chi connectivity index (χ4v) is 1.78. The van der Waals surface area contributed by atoms with Crippen LogP contribution in [0.4, 0.5) is 0 Å². The average Bonchev–Trinajstić information content (AvgIpc) is 2.99. The first kappa shape index (κ1) is 13.5. The zero-order valence-corrected chi connectivity index (χ0v) is 11.0. The number of rotatable bonds is 7. The molecule has 0 aromatic heterocycles. The summed E-state index contributed by atoms with van der Waals surface area (Å²) in [5, 5.41) is 3.43. The van der Waals surface area contributed by atoms with Gasteiger partial charge in [0.25, 0.3) is 0 Å². The monoisotopic (exact) mass is 227 g/mol. The predicted octanol–water partition coefficient (Wildman–Crippen LogP) is 2.50. The van der Waals surface area contributed by atoms with E-state index in [-0.39, 0.29) is 5.97 Å². The highest BCUT2D eigenvalue weighted by molar-refractivity contribution is 5.80. The zero-order chi connectivity index (χ0) is 12.2. The Bertz CT molecular complexity index is 236. The van der Waals surface area contributed by atoms with Crippen LogP contribution >= 0.6 is 0 Å². The van der Waals surface area contributed by atoms with Gasteiger partial charge >= 0.3 is 5.97 Å².